The van der Waals surface area contributed by atoms with Crippen molar-refractivity contribution in [2.24, 2.45) is 0 Å². The number of anilines is 1. The Labute approximate surface area is 87.7 Å². The second-order valence-electron chi connectivity index (χ2n) is 3.39. The number of piperidine rings is 1. The van der Waals surface area contributed by atoms with Crippen molar-refractivity contribution in [1.29, 1.82) is 0 Å². The highest BCUT2D eigenvalue weighted by atomic mass is 35.5. The van der Waals surface area contributed by atoms with Crippen LogP contribution in [0, 0.1) is 0 Å². The minimum Gasteiger partial charge on any atom is -0.363 e. The summed E-state index contributed by atoms with van der Waals surface area (Å²) < 4.78 is 0. The fraction of sp³-hybridized carbons (Fsp3) is 0.400. The van der Waals surface area contributed by atoms with Gasteiger partial charge >= 0.3 is 0 Å². The number of carbonyl (C=O) groups excluding carboxylic acids is 1. The molecule has 4 heteroatoms. The number of halogens is 1. The Morgan fingerprint density at radius 3 is 3.07 bits per heavy atom. The molecule has 74 valence electrons. The molecular formula is C10H11ClN2O. The lowest BCUT2D eigenvalue weighted by molar-refractivity contribution is -0.118. The Bertz CT molecular complexity index is 354. The maximum absolute atomic E-state index is 11.3. The maximum Gasteiger partial charge on any atom is 0.152 e. The van der Waals surface area contributed by atoms with E-state index in [1.165, 1.54) is 0 Å². The molecule has 0 spiro atoms. The van der Waals surface area contributed by atoms with Crippen molar-refractivity contribution < 1.29 is 4.79 Å². The molecule has 3 nitrogen and oxygen atoms in total. The molecular weight excluding hydrogens is 200 g/mol. The zero-order valence-corrected chi connectivity index (χ0v) is 8.50. The number of hydrogen-bond donors (Lipinski definition) is 0. The van der Waals surface area contributed by atoms with E-state index in [0.29, 0.717) is 18.0 Å². The third-order valence-corrected chi connectivity index (χ3v) is 2.63. The average Bonchev–Trinajstić information content (AvgIpc) is 2.18. The van der Waals surface area contributed by atoms with E-state index in [1.807, 2.05) is 11.0 Å². The van der Waals surface area contributed by atoms with Gasteiger partial charge in [-0.15, -0.1) is 0 Å². The van der Waals surface area contributed by atoms with E-state index in [-0.39, 0.29) is 5.78 Å². The Morgan fingerprint density at radius 2 is 2.36 bits per heavy atom. The molecule has 1 aromatic rings. The summed E-state index contributed by atoms with van der Waals surface area (Å²) >= 11 is 5.99. The Hall–Kier alpha value is -1.09. The lowest BCUT2D eigenvalue weighted by Gasteiger charge is -2.28. The first-order valence-corrected chi connectivity index (χ1v) is 5.01. The van der Waals surface area contributed by atoms with Crippen molar-refractivity contribution in [2.45, 2.75) is 12.8 Å². The van der Waals surface area contributed by atoms with Gasteiger partial charge in [0.15, 0.2) is 5.78 Å². The van der Waals surface area contributed by atoms with Crippen molar-refractivity contribution in [2.75, 3.05) is 18.0 Å². The van der Waals surface area contributed by atoms with E-state index in [9.17, 15) is 4.79 Å². The third-order valence-electron chi connectivity index (χ3n) is 2.34. The molecule has 1 aromatic heterocycles. The van der Waals surface area contributed by atoms with Crippen LogP contribution in [0.15, 0.2) is 18.5 Å². The normalized spacial score (nSPS) is 17.2. The summed E-state index contributed by atoms with van der Waals surface area (Å²) in [6.07, 6.45) is 4.91. The number of rotatable bonds is 1. The number of hydrogen-bond acceptors (Lipinski definition) is 3. The van der Waals surface area contributed by atoms with E-state index in [2.05, 4.69) is 4.98 Å². The van der Waals surface area contributed by atoms with Crippen LogP contribution in [0.1, 0.15) is 12.8 Å². The van der Waals surface area contributed by atoms with Crippen LogP contribution in [0.4, 0.5) is 5.69 Å². The lowest BCUT2D eigenvalue weighted by Crippen LogP contribution is -2.35. The van der Waals surface area contributed by atoms with Crippen molar-refractivity contribution in [3.8, 4) is 0 Å². The fourth-order valence-electron chi connectivity index (χ4n) is 1.67. The minimum atomic E-state index is 0.282. The molecule has 2 rings (SSSR count). The van der Waals surface area contributed by atoms with Crippen molar-refractivity contribution in [3.63, 3.8) is 0 Å². The monoisotopic (exact) mass is 210 g/mol. The van der Waals surface area contributed by atoms with Gasteiger partial charge in [-0.25, -0.2) is 0 Å². The summed E-state index contributed by atoms with van der Waals surface area (Å²) in [7, 11) is 0. The summed E-state index contributed by atoms with van der Waals surface area (Å²) in [4.78, 5) is 17.2. The van der Waals surface area contributed by atoms with Crippen molar-refractivity contribution >= 4 is 23.1 Å². The second kappa shape index (κ2) is 3.96. The highest BCUT2D eigenvalue weighted by Gasteiger charge is 2.18. The van der Waals surface area contributed by atoms with Crippen LogP contribution in [0.5, 0.6) is 0 Å². The first-order valence-electron chi connectivity index (χ1n) is 4.63. The van der Waals surface area contributed by atoms with E-state index >= 15 is 0 Å². The van der Waals surface area contributed by atoms with Gasteiger partial charge < -0.3 is 4.90 Å². The second-order valence-corrected chi connectivity index (χ2v) is 3.80. The van der Waals surface area contributed by atoms with Gasteiger partial charge in [-0.1, -0.05) is 11.6 Å². The van der Waals surface area contributed by atoms with Crippen molar-refractivity contribution in [3.05, 3.63) is 23.5 Å². The van der Waals surface area contributed by atoms with Crippen molar-refractivity contribution in [1.82, 2.24) is 4.98 Å². The molecule has 0 N–H and O–H groups in total. The van der Waals surface area contributed by atoms with Crippen LogP contribution in [-0.4, -0.2) is 23.9 Å². The number of aromatic nitrogens is 1. The van der Waals surface area contributed by atoms with Gasteiger partial charge in [0.05, 0.1) is 17.3 Å². The zero-order chi connectivity index (χ0) is 9.97. The Kier molecular flexibility index (Phi) is 2.68. The molecule has 0 aliphatic carbocycles. The van der Waals surface area contributed by atoms with E-state index in [0.717, 1.165) is 18.7 Å². The molecule has 0 radical (unpaired) electrons. The highest BCUT2D eigenvalue weighted by Crippen LogP contribution is 2.25. The van der Waals surface area contributed by atoms with Gasteiger partial charge in [0, 0.05) is 25.4 Å². The Balaban J connectivity index is 2.22. The molecule has 0 bridgehead atoms. The quantitative estimate of drug-likeness (QED) is 0.710. The van der Waals surface area contributed by atoms with Crippen LogP contribution in [0.2, 0.25) is 5.02 Å². The minimum absolute atomic E-state index is 0.282. The molecule has 1 aliphatic rings. The number of Topliss-reactive ketones (excluding diaryl/α,β-unsaturated/α-hetero) is 1. The molecule has 0 amide bonds. The first kappa shape index (κ1) is 9.46. The fourth-order valence-corrected chi connectivity index (χ4v) is 1.91. The predicted molar refractivity (Wildman–Crippen MR) is 55.7 cm³/mol. The lowest BCUT2D eigenvalue weighted by atomic mass is 10.1. The standard InChI is InChI=1S/C10H11ClN2O/c11-9-6-12-4-3-10(9)13-5-1-2-8(14)7-13/h3-4,6H,1-2,5,7H2. The molecule has 1 fully saturated rings. The molecule has 1 saturated heterocycles. The predicted octanol–water partition coefficient (Wildman–Crippen LogP) is 1.90. The summed E-state index contributed by atoms with van der Waals surface area (Å²) in [5.41, 5.74) is 0.912. The van der Waals surface area contributed by atoms with Crippen LogP contribution >= 0.6 is 11.6 Å². The summed E-state index contributed by atoms with van der Waals surface area (Å²) in [6.45, 7) is 1.37. The molecule has 0 aromatic carbocycles. The van der Waals surface area contributed by atoms with Gasteiger partial charge in [0.25, 0.3) is 0 Å². The van der Waals surface area contributed by atoms with Crippen LogP contribution < -0.4 is 4.90 Å². The van der Waals surface area contributed by atoms with Crippen LogP contribution in [-0.2, 0) is 4.79 Å². The van der Waals surface area contributed by atoms with Gasteiger partial charge in [0.2, 0.25) is 0 Å². The highest BCUT2D eigenvalue weighted by molar-refractivity contribution is 6.33. The van der Waals surface area contributed by atoms with Gasteiger partial charge in [0.1, 0.15) is 0 Å². The average molecular weight is 211 g/mol. The number of pyridine rings is 1. The van der Waals surface area contributed by atoms with Gasteiger partial charge in [-0.05, 0) is 12.5 Å². The summed E-state index contributed by atoms with van der Waals surface area (Å²) in [6, 6.07) is 1.85. The molecule has 0 atom stereocenters. The smallest absolute Gasteiger partial charge is 0.152 e. The van der Waals surface area contributed by atoms with Crippen LogP contribution in [0.3, 0.4) is 0 Å². The first-order chi connectivity index (χ1) is 6.77. The number of nitrogens with zero attached hydrogens (tertiary/aromatic N) is 2. The molecule has 1 aliphatic heterocycles. The van der Waals surface area contributed by atoms with Gasteiger partial charge in [-0.3, -0.25) is 9.78 Å². The molecule has 0 saturated carbocycles. The number of ketones is 1. The van der Waals surface area contributed by atoms with E-state index in [4.69, 9.17) is 11.6 Å². The largest absolute Gasteiger partial charge is 0.363 e. The summed E-state index contributed by atoms with van der Waals surface area (Å²) in [5.74, 6) is 0.282. The Morgan fingerprint density at radius 1 is 1.50 bits per heavy atom. The zero-order valence-electron chi connectivity index (χ0n) is 7.74. The van der Waals surface area contributed by atoms with Crippen LogP contribution in [0.25, 0.3) is 0 Å². The number of carbonyl (C=O) groups is 1. The third kappa shape index (κ3) is 1.87. The topological polar surface area (TPSA) is 33.2 Å². The molecule has 2 heterocycles. The van der Waals surface area contributed by atoms with E-state index in [1.54, 1.807) is 12.4 Å². The summed E-state index contributed by atoms with van der Waals surface area (Å²) in [5, 5.41) is 0.613. The van der Waals surface area contributed by atoms with E-state index < -0.39 is 0 Å². The molecule has 0 unspecified atom stereocenters. The maximum atomic E-state index is 11.3. The van der Waals surface area contributed by atoms with Gasteiger partial charge in [-0.2, -0.15) is 0 Å². The molecule has 14 heavy (non-hydrogen) atoms. The SMILES string of the molecule is O=C1CCCN(c2ccncc2Cl)C1.